The Hall–Kier alpha value is -3.04. The van der Waals surface area contributed by atoms with Crippen molar-refractivity contribution >= 4 is 17.3 Å². The molecule has 4 rings (SSSR count). The van der Waals surface area contributed by atoms with Crippen molar-refractivity contribution in [3.8, 4) is 5.69 Å². The van der Waals surface area contributed by atoms with Gasteiger partial charge in [-0.15, -0.1) is 5.10 Å². The van der Waals surface area contributed by atoms with E-state index in [2.05, 4.69) is 44.3 Å². The quantitative estimate of drug-likeness (QED) is 0.505. The number of halogens is 2. The number of ether oxygens (including phenoxy) is 1. The van der Waals surface area contributed by atoms with Crippen LogP contribution in [0.2, 0.25) is 0 Å². The number of nitrogens with zero attached hydrogens (tertiary/aromatic N) is 5. The zero-order valence-electron chi connectivity index (χ0n) is 19.1. The number of aromatic nitrogens is 3. The van der Waals surface area contributed by atoms with Crippen LogP contribution < -0.4 is 10.2 Å². The Morgan fingerprint density at radius 1 is 1.00 bits per heavy atom. The van der Waals surface area contributed by atoms with Gasteiger partial charge in [-0.2, -0.15) is 4.98 Å². The maximum atomic E-state index is 13.5. The van der Waals surface area contributed by atoms with Gasteiger partial charge in [0.15, 0.2) is 0 Å². The lowest BCUT2D eigenvalue weighted by Gasteiger charge is -2.24. The molecule has 2 aromatic carbocycles. The molecule has 0 bridgehead atoms. The van der Waals surface area contributed by atoms with Gasteiger partial charge in [0.05, 0.1) is 5.69 Å². The van der Waals surface area contributed by atoms with Gasteiger partial charge in [0.1, 0.15) is 18.0 Å². The van der Waals surface area contributed by atoms with Crippen LogP contribution in [0.4, 0.5) is 26.1 Å². The van der Waals surface area contributed by atoms with E-state index >= 15 is 0 Å². The molecule has 0 saturated carbocycles. The molecule has 2 heterocycles. The third kappa shape index (κ3) is 6.27. The average Bonchev–Trinajstić information content (AvgIpc) is 3.10. The third-order valence-corrected chi connectivity index (χ3v) is 5.70. The van der Waals surface area contributed by atoms with E-state index in [1.54, 1.807) is 7.11 Å². The summed E-state index contributed by atoms with van der Waals surface area (Å²) >= 11 is 0. The summed E-state index contributed by atoms with van der Waals surface area (Å²) in [6, 6.07) is 9.56. The molecule has 1 aliphatic rings. The third-order valence-electron chi connectivity index (χ3n) is 5.70. The first-order valence-electron chi connectivity index (χ1n) is 11.2. The molecule has 0 aliphatic carbocycles. The summed E-state index contributed by atoms with van der Waals surface area (Å²) in [5.74, 6) is -0.961. The number of benzene rings is 2. The molecule has 1 aromatic heterocycles. The molecule has 9 heteroatoms. The minimum absolute atomic E-state index is 0. The predicted molar refractivity (Wildman–Crippen MR) is 128 cm³/mol. The van der Waals surface area contributed by atoms with Crippen LogP contribution in [0.1, 0.15) is 19.8 Å². The molecule has 33 heavy (non-hydrogen) atoms. The van der Waals surface area contributed by atoms with E-state index in [0.29, 0.717) is 5.95 Å². The maximum absolute atomic E-state index is 13.5. The van der Waals surface area contributed by atoms with Crippen LogP contribution in [-0.2, 0) is 4.74 Å². The van der Waals surface area contributed by atoms with Crippen molar-refractivity contribution in [1.29, 1.82) is 0 Å². The van der Waals surface area contributed by atoms with Gasteiger partial charge in [-0.1, -0.05) is 0 Å². The summed E-state index contributed by atoms with van der Waals surface area (Å²) in [6.45, 7) is 8.01. The Kier molecular flexibility index (Phi) is 7.51. The fourth-order valence-electron chi connectivity index (χ4n) is 4.15. The van der Waals surface area contributed by atoms with Crippen LogP contribution in [0.25, 0.3) is 5.69 Å². The van der Waals surface area contributed by atoms with E-state index in [1.807, 2.05) is 6.07 Å². The summed E-state index contributed by atoms with van der Waals surface area (Å²) in [4.78, 5) is 9.16. The lowest BCUT2D eigenvalue weighted by Crippen LogP contribution is -2.31. The van der Waals surface area contributed by atoms with Crippen molar-refractivity contribution in [3.63, 3.8) is 0 Å². The largest absolute Gasteiger partial charge is 0.385 e. The van der Waals surface area contributed by atoms with Crippen molar-refractivity contribution in [1.82, 2.24) is 19.7 Å². The molecule has 1 saturated heterocycles. The van der Waals surface area contributed by atoms with Gasteiger partial charge in [-0.3, -0.25) is 0 Å². The second-order valence-electron chi connectivity index (χ2n) is 8.35. The van der Waals surface area contributed by atoms with Crippen molar-refractivity contribution in [2.75, 3.05) is 56.7 Å². The van der Waals surface area contributed by atoms with Gasteiger partial charge in [0, 0.05) is 58.8 Å². The van der Waals surface area contributed by atoms with Gasteiger partial charge in [0.25, 0.3) is 0 Å². The van der Waals surface area contributed by atoms with E-state index in [9.17, 15) is 8.78 Å². The van der Waals surface area contributed by atoms with Gasteiger partial charge < -0.3 is 19.9 Å². The molecular formula is C24H32F2N6O. The second-order valence-corrected chi connectivity index (χ2v) is 8.35. The first-order valence-corrected chi connectivity index (χ1v) is 11.2. The van der Waals surface area contributed by atoms with E-state index in [1.165, 1.54) is 23.1 Å². The summed E-state index contributed by atoms with van der Waals surface area (Å²) < 4.78 is 33.6. The molecule has 7 nitrogen and oxygen atoms in total. The number of anilines is 3. The predicted octanol–water partition coefficient (Wildman–Crippen LogP) is 4.39. The first-order chi connectivity index (χ1) is 16.0. The fourth-order valence-corrected chi connectivity index (χ4v) is 4.15. The van der Waals surface area contributed by atoms with E-state index in [0.717, 1.165) is 75.2 Å². The van der Waals surface area contributed by atoms with E-state index in [4.69, 9.17) is 4.74 Å². The minimum Gasteiger partial charge on any atom is -0.385 e. The summed E-state index contributed by atoms with van der Waals surface area (Å²) in [5.41, 5.74) is 3.43. The molecular weight excluding hydrogens is 426 g/mol. The molecule has 0 unspecified atom stereocenters. The highest BCUT2D eigenvalue weighted by atomic mass is 19.1. The van der Waals surface area contributed by atoms with Crippen molar-refractivity contribution in [3.05, 3.63) is 59.9 Å². The van der Waals surface area contributed by atoms with Gasteiger partial charge >= 0.3 is 0 Å². The molecule has 0 radical (unpaired) electrons. The highest BCUT2D eigenvalue weighted by Gasteiger charge is 2.16. The molecule has 178 valence electrons. The number of aryl methyl sites for hydroxylation is 1. The van der Waals surface area contributed by atoms with Crippen LogP contribution in [0.5, 0.6) is 0 Å². The molecule has 3 aromatic rings. The number of rotatable bonds is 8. The number of nitrogens with one attached hydrogen (secondary N) is 1. The fraction of sp³-hybridized carbons (Fsp3) is 0.417. The SMILES string of the molecule is COCCCN1CCCN(c2cc(C)cc(Nc3ncn(-c4cc(F)cc(F)c4)n3)c2)CC1.[HH]. The van der Waals surface area contributed by atoms with E-state index in [-0.39, 0.29) is 7.11 Å². The highest BCUT2D eigenvalue weighted by Crippen LogP contribution is 2.25. The normalized spacial score (nSPS) is 15.0. The lowest BCUT2D eigenvalue weighted by molar-refractivity contribution is 0.174. The van der Waals surface area contributed by atoms with Crippen LogP contribution in [0, 0.1) is 18.6 Å². The van der Waals surface area contributed by atoms with Crippen LogP contribution in [0.3, 0.4) is 0 Å². The van der Waals surface area contributed by atoms with Crippen LogP contribution in [0.15, 0.2) is 42.7 Å². The molecule has 1 fully saturated rings. The summed E-state index contributed by atoms with van der Waals surface area (Å²) in [7, 11) is 1.74. The molecule has 1 N–H and O–H groups in total. The lowest BCUT2D eigenvalue weighted by atomic mass is 10.1. The average molecular weight is 459 g/mol. The number of hydrogen-bond acceptors (Lipinski definition) is 6. The Labute approximate surface area is 194 Å². The molecule has 0 atom stereocenters. The zero-order valence-corrected chi connectivity index (χ0v) is 19.1. The monoisotopic (exact) mass is 458 g/mol. The van der Waals surface area contributed by atoms with Gasteiger partial charge in [-0.05, 0) is 62.2 Å². The van der Waals surface area contributed by atoms with Crippen molar-refractivity contribution in [2.45, 2.75) is 19.8 Å². The van der Waals surface area contributed by atoms with E-state index < -0.39 is 11.6 Å². The minimum atomic E-state index is -0.659. The Morgan fingerprint density at radius 3 is 2.61 bits per heavy atom. The smallest absolute Gasteiger partial charge is 0.246 e. The Balaban J connectivity index is 0.00000324. The Morgan fingerprint density at radius 2 is 1.82 bits per heavy atom. The van der Waals surface area contributed by atoms with Crippen molar-refractivity contribution in [2.24, 2.45) is 0 Å². The molecule has 0 spiro atoms. The second kappa shape index (κ2) is 10.7. The highest BCUT2D eigenvalue weighted by molar-refractivity contribution is 5.64. The number of hydrogen-bond donors (Lipinski definition) is 1. The van der Waals surface area contributed by atoms with Crippen molar-refractivity contribution < 1.29 is 14.9 Å². The van der Waals surface area contributed by atoms with Gasteiger partial charge in [-0.25, -0.2) is 13.5 Å². The first kappa shape index (κ1) is 23.1. The summed E-state index contributed by atoms with van der Waals surface area (Å²) in [6.07, 6.45) is 3.59. The summed E-state index contributed by atoms with van der Waals surface area (Å²) in [5, 5.41) is 7.54. The number of methoxy groups -OCH3 is 1. The standard InChI is InChI=1S/C24H30F2N6O.H2/c1-18-11-21(28-24-27-17-32(29-24)23-14-19(25)13-20(26)15-23)16-22(12-18)31-7-3-5-30(8-9-31)6-4-10-33-2;/h11-17H,3-10H2,1-2H3,(H,28,29);1H. The van der Waals surface area contributed by atoms with Crippen LogP contribution in [-0.4, -0.2) is 66.1 Å². The van der Waals surface area contributed by atoms with Crippen LogP contribution >= 0.6 is 0 Å². The zero-order chi connectivity index (χ0) is 23.2. The molecule has 0 amide bonds. The Bertz CT molecular complexity index is 1060. The molecule has 1 aliphatic heterocycles. The van der Waals surface area contributed by atoms with Gasteiger partial charge in [0.2, 0.25) is 5.95 Å². The topological polar surface area (TPSA) is 58.5 Å². The maximum Gasteiger partial charge on any atom is 0.246 e.